The van der Waals surface area contributed by atoms with Crippen molar-refractivity contribution in [1.82, 2.24) is 4.98 Å². The minimum Gasteiger partial charge on any atom is -0.452 e. The number of nitrogens with one attached hydrogen (secondary N) is 1. The Bertz CT molecular complexity index is 2000. The number of nitriles is 1. The molecule has 0 saturated carbocycles. The average molecular weight is 639 g/mol. The van der Waals surface area contributed by atoms with E-state index in [0.717, 1.165) is 39.1 Å². The van der Waals surface area contributed by atoms with E-state index in [1.165, 1.54) is 0 Å². The summed E-state index contributed by atoms with van der Waals surface area (Å²) in [7, 11) is 0. The zero-order valence-electron chi connectivity index (χ0n) is 29.4. The monoisotopic (exact) mass is 638 g/mol. The van der Waals surface area contributed by atoms with Gasteiger partial charge in [-0.3, -0.25) is 0 Å². The van der Waals surface area contributed by atoms with Gasteiger partial charge in [0.05, 0.1) is 23.9 Å². The van der Waals surface area contributed by atoms with Gasteiger partial charge in [-0.2, -0.15) is 5.26 Å². The molecule has 0 bridgehead atoms. The number of hydrogen-bond donors (Lipinski definition) is 1. The molecule has 5 rings (SSSR count). The third kappa shape index (κ3) is 7.06. The van der Waals surface area contributed by atoms with Crippen LogP contribution >= 0.6 is 0 Å². The maximum atomic E-state index is 9.39. The first-order chi connectivity index (χ1) is 22.6. The highest BCUT2D eigenvalue weighted by atomic mass is 16.5. The summed E-state index contributed by atoms with van der Waals surface area (Å²) >= 11 is 0. The molecule has 1 aromatic heterocycles. The summed E-state index contributed by atoms with van der Waals surface area (Å²) in [6, 6.07) is 19.6. The molecule has 1 N–H and O–H groups in total. The van der Waals surface area contributed by atoms with E-state index in [4.69, 9.17) is 25.8 Å². The Morgan fingerprint density at radius 1 is 0.771 bits per heavy atom. The van der Waals surface area contributed by atoms with Crippen molar-refractivity contribution in [2.45, 2.75) is 80.1 Å². The van der Waals surface area contributed by atoms with Crippen LogP contribution in [0.4, 0.5) is 5.69 Å². The Labute approximate surface area is 284 Å². The number of para-hydroxylation sites is 1. The summed E-state index contributed by atoms with van der Waals surface area (Å²) in [5, 5.41) is 9.39. The number of aromatic nitrogens is 1. The fourth-order valence-electron chi connectivity index (χ4n) is 5.81. The lowest BCUT2D eigenvalue weighted by atomic mass is 9.79. The van der Waals surface area contributed by atoms with Gasteiger partial charge in [-0.25, -0.2) is 9.84 Å². The largest absolute Gasteiger partial charge is 0.452 e. The van der Waals surface area contributed by atoms with Crippen LogP contribution in [0.25, 0.3) is 10.6 Å². The molecule has 3 aromatic carbocycles. The predicted octanol–water partition coefficient (Wildman–Crippen LogP) is 10.9. The number of aliphatic imine (C=N–C) groups is 1. The minimum atomic E-state index is -0.198. The van der Waals surface area contributed by atoms with Gasteiger partial charge in [0.2, 0.25) is 5.90 Å². The van der Waals surface area contributed by atoms with Crippen LogP contribution in [-0.4, -0.2) is 10.9 Å². The van der Waals surface area contributed by atoms with Gasteiger partial charge >= 0.3 is 0 Å². The molecule has 0 saturated heterocycles. The summed E-state index contributed by atoms with van der Waals surface area (Å²) in [4.78, 5) is 11.9. The maximum absolute atomic E-state index is 9.39. The SMILES string of the molecule is [C-]#[N+]c1cc(C)c(OC2=N/C(=C(/Oc3c(C(C)(C)C)cccc3C(C)(C)C)c3ccc(Oc4c(C)cc(C#N)cc4C)[nH]3)C=C2)c(C)c1. The van der Waals surface area contributed by atoms with Crippen molar-refractivity contribution < 1.29 is 14.2 Å². The van der Waals surface area contributed by atoms with Crippen LogP contribution in [0.1, 0.15) is 86.2 Å². The molecule has 7 heteroatoms. The second-order valence-corrected chi connectivity index (χ2v) is 14.3. The number of hydrogen-bond acceptors (Lipinski definition) is 5. The van der Waals surface area contributed by atoms with E-state index >= 15 is 0 Å². The van der Waals surface area contributed by atoms with Crippen molar-refractivity contribution in [3.8, 4) is 29.2 Å². The first kappa shape index (κ1) is 33.8. The lowest BCUT2D eigenvalue weighted by molar-refractivity contribution is 0.444. The van der Waals surface area contributed by atoms with Gasteiger partial charge in [0.25, 0.3) is 0 Å². The molecule has 48 heavy (non-hydrogen) atoms. The molecule has 0 amide bonds. The van der Waals surface area contributed by atoms with Gasteiger partial charge in [-0.15, -0.1) is 0 Å². The van der Waals surface area contributed by atoms with Crippen molar-refractivity contribution in [2.24, 2.45) is 4.99 Å². The summed E-state index contributed by atoms with van der Waals surface area (Å²) in [5.74, 6) is 3.61. The van der Waals surface area contributed by atoms with Crippen LogP contribution in [0.15, 0.2) is 77.4 Å². The Morgan fingerprint density at radius 2 is 1.33 bits per heavy atom. The third-order valence-electron chi connectivity index (χ3n) is 8.17. The third-order valence-corrected chi connectivity index (χ3v) is 8.17. The van der Waals surface area contributed by atoms with E-state index in [1.54, 1.807) is 0 Å². The van der Waals surface area contributed by atoms with Crippen molar-refractivity contribution >= 4 is 17.3 Å². The zero-order chi connectivity index (χ0) is 35.0. The minimum absolute atomic E-state index is 0.198. The van der Waals surface area contributed by atoms with Gasteiger partial charge in [0.1, 0.15) is 22.9 Å². The molecule has 0 radical (unpaired) electrons. The highest BCUT2D eigenvalue weighted by Gasteiger charge is 2.29. The van der Waals surface area contributed by atoms with E-state index in [1.807, 2.05) is 76.2 Å². The average Bonchev–Trinajstić information content (AvgIpc) is 3.68. The number of H-pyrrole nitrogens is 1. The zero-order valence-corrected chi connectivity index (χ0v) is 29.4. The van der Waals surface area contributed by atoms with E-state index in [-0.39, 0.29) is 10.8 Å². The predicted molar refractivity (Wildman–Crippen MR) is 192 cm³/mol. The highest BCUT2D eigenvalue weighted by molar-refractivity contribution is 5.95. The van der Waals surface area contributed by atoms with Crippen LogP contribution in [-0.2, 0) is 10.8 Å². The molecule has 2 heterocycles. The molecule has 1 aliphatic rings. The van der Waals surface area contributed by atoms with Crippen LogP contribution in [0.5, 0.6) is 23.1 Å². The Kier molecular flexibility index (Phi) is 9.11. The molecule has 0 atom stereocenters. The summed E-state index contributed by atoms with van der Waals surface area (Å²) in [5.41, 5.74) is 7.64. The van der Waals surface area contributed by atoms with Gasteiger partial charge in [0.15, 0.2) is 17.3 Å². The normalized spacial score (nSPS) is 13.9. The lowest BCUT2D eigenvalue weighted by Crippen LogP contribution is -2.19. The molecular weight excluding hydrogens is 596 g/mol. The van der Waals surface area contributed by atoms with Crippen molar-refractivity contribution in [3.05, 3.63) is 129 Å². The van der Waals surface area contributed by atoms with E-state index in [2.05, 4.69) is 75.6 Å². The number of rotatable bonds is 6. The van der Waals surface area contributed by atoms with Crippen molar-refractivity contribution in [3.63, 3.8) is 0 Å². The van der Waals surface area contributed by atoms with Crippen LogP contribution in [0, 0.1) is 45.6 Å². The first-order valence-electron chi connectivity index (χ1n) is 16.0. The molecule has 0 unspecified atom stereocenters. The fraction of sp³-hybridized carbons (Fsp3) is 0.293. The standard InChI is InChI=1S/C41H42N4O3/c1-24-19-28(23-42)20-25(2)36(24)46-34-17-15-32(44-34)39(48-38-30(40(5,6)7)13-12-14-31(38)41(8,9)10)33-16-18-35(45-33)47-37-26(3)21-29(43-11)22-27(37)4/h12-22,44H,1-10H3/b39-33+. The van der Waals surface area contributed by atoms with Gasteiger partial charge in [0, 0.05) is 23.3 Å². The molecule has 1 aliphatic heterocycles. The molecule has 0 fully saturated rings. The maximum Gasteiger partial charge on any atom is 0.219 e. The number of allylic oxidation sites excluding steroid dienone is 1. The molecule has 0 spiro atoms. The second kappa shape index (κ2) is 12.9. The van der Waals surface area contributed by atoms with Gasteiger partial charge in [-0.1, -0.05) is 59.7 Å². The van der Waals surface area contributed by atoms with Gasteiger partial charge < -0.3 is 19.2 Å². The number of benzene rings is 3. The van der Waals surface area contributed by atoms with E-state index in [0.29, 0.717) is 51.7 Å². The van der Waals surface area contributed by atoms with E-state index in [9.17, 15) is 5.26 Å². The van der Waals surface area contributed by atoms with Crippen molar-refractivity contribution in [1.29, 1.82) is 5.26 Å². The molecular formula is C41H42N4O3. The van der Waals surface area contributed by atoms with Crippen LogP contribution < -0.4 is 14.2 Å². The summed E-state index contributed by atoms with van der Waals surface area (Å²) in [6.45, 7) is 28.2. The molecule has 244 valence electrons. The van der Waals surface area contributed by atoms with E-state index < -0.39 is 0 Å². The molecule has 7 nitrogen and oxygen atoms in total. The number of nitrogens with zero attached hydrogens (tertiary/aromatic N) is 3. The summed E-state index contributed by atoms with van der Waals surface area (Å²) in [6.07, 6.45) is 3.71. The van der Waals surface area contributed by atoms with Gasteiger partial charge in [-0.05, 0) is 97.2 Å². The fourth-order valence-corrected chi connectivity index (χ4v) is 5.81. The number of ether oxygens (including phenoxy) is 3. The number of aromatic amines is 1. The topological polar surface area (TPSA) is 84.0 Å². The Morgan fingerprint density at radius 3 is 1.88 bits per heavy atom. The Hall–Kier alpha value is -5.53. The number of aryl methyl sites for hydroxylation is 4. The Balaban J connectivity index is 1.63. The van der Waals surface area contributed by atoms with Crippen LogP contribution in [0.2, 0.25) is 0 Å². The smallest absolute Gasteiger partial charge is 0.219 e. The summed E-state index contributed by atoms with van der Waals surface area (Å²) < 4.78 is 19.7. The molecule has 4 aromatic rings. The first-order valence-corrected chi connectivity index (χ1v) is 16.0. The molecule has 0 aliphatic carbocycles. The van der Waals surface area contributed by atoms with Crippen LogP contribution in [0.3, 0.4) is 0 Å². The lowest BCUT2D eigenvalue weighted by Gasteiger charge is -2.30. The van der Waals surface area contributed by atoms with Crippen molar-refractivity contribution in [2.75, 3.05) is 0 Å². The quantitative estimate of drug-likeness (QED) is 0.168. The second-order valence-electron chi connectivity index (χ2n) is 14.3. The highest BCUT2D eigenvalue weighted by Crippen LogP contribution is 2.43.